The van der Waals surface area contributed by atoms with Gasteiger partial charge in [-0.25, -0.2) is 9.37 Å². The molecule has 0 fully saturated rings. The number of hydrogen-bond acceptors (Lipinski definition) is 9. The van der Waals surface area contributed by atoms with Crippen molar-refractivity contribution in [2.24, 2.45) is 0 Å². The first kappa shape index (κ1) is 27.4. The topological polar surface area (TPSA) is 129 Å². The molecule has 1 amide bonds. The van der Waals surface area contributed by atoms with Gasteiger partial charge in [0.1, 0.15) is 28.4 Å². The number of carbonyl (C=O) groups excluding carboxylic acids is 1. The molecule has 0 bridgehead atoms. The number of aryl methyl sites for hydroxylation is 3. The van der Waals surface area contributed by atoms with Crippen LogP contribution in [0.4, 0.5) is 10.1 Å². The van der Waals surface area contributed by atoms with Crippen LogP contribution in [0.1, 0.15) is 34.4 Å². The molecule has 5 rings (SSSR count). The summed E-state index contributed by atoms with van der Waals surface area (Å²) in [5.41, 5.74) is 2.06. The van der Waals surface area contributed by atoms with E-state index in [4.69, 9.17) is 18.6 Å². The monoisotopic (exact) mass is 558 g/mol. The van der Waals surface area contributed by atoms with Crippen LogP contribution in [-0.2, 0) is 6.42 Å². The number of halogens is 1. The normalized spacial score (nSPS) is 11.0. The molecular weight excluding hydrogens is 531 g/mol. The molecule has 4 heterocycles. The van der Waals surface area contributed by atoms with Crippen LogP contribution in [0, 0.1) is 19.7 Å². The summed E-state index contributed by atoms with van der Waals surface area (Å²) in [5.74, 6) is 0.231. The predicted molar refractivity (Wildman–Crippen MR) is 150 cm³/mol. The molecule has 0 atom stereocenters. The highest BCUT2D eigenvalue weighted by Crippen LogP contribution is 2.38. The minimum absolute atomic E-state index is 0.0421. The predicted octanol–water partition coefficient (Wildman–Crippen LogP) is 6.37. The average molecular weight is 559 g/mol. The van der Waals surface area contributed by atoms with Crippen molar-refractivity contribution in [3.63, 3.8) is 0 Å². The second kappa shape index (κ2) is 11.1. The van der Waals surface area contributed by atoms with Crippen LogP contribution >= 0.6 is 0 Å². The Morgan fingerprint density at radius 2 is 1.80 bits per heavy atom. The fourth-order valence-corrected chi connectivity index (χ4v) is 4.46. The van der Waals surface area contributed by atoms with Crippen LogP contribution < -0.4 is 19.5 Å². The van der Waals surface area contributed by atoms with Crippen LogP contribution in [0.25, 0.3) is 22.4 Å². The van der Waals surface area contributed by atoms with Gasteiger partial charge >= 0.3 is 0 Å². The van der Waals surface area contributed by atoms with Crippen molar-refractivity contribution in [2.45, 2.75) is 27.2 Å². The van der Waals surface area contributed by atoms with E-state index in [1.807, 2.05) is 6.92 Å². The van der Waals surface area contributed by atoms with Crippen molar-refractivity contribution in [1.82, 2.24) is 15.0 Å². The summed E-state index contributed by atoms with van der Waals surface area (Å²) in [5, 5.41) is 13.7. The summed E-state index contributed by atoms with van der Waals surface area (Å²) in [6.07, 6.45) is 2.18. The maximum Gasteiger partial charge on any atom is 0.261 e. The summed E-state index contributed by atoms with van der Waals surface area (Å²) in [6, 6.07) is 10.7. The van der Waals surface area contributed by atoms with Gasteiger partial charge < -0.3 is 29.1 Å². The van der Waals surface area contributed by atoms with E-state index in [0.717, 1.165) is 11.8 Å². The van der Waals surface area contributed by atoms with Gasteiger partial charge in [0.15, 0.2) is 23.1 Å². The van der Waals surface area contributed by atoms with E-state index in [1.54, 1.807) is 38.1 Å². The van der Waals surface area contributed by atoms with E-state index in [-0.39, 0.29) is 34.4 Å². The number of furan rings is 1. The smallest absolute Gasteiger partial charge is 0.261 e. The number of amides is 1. The lowest BCUT2D eigenvalue weighted by molar-refractivity contribution is 0.102. The van der Waals surface area contributed by atoms with Gasteiger partial charge in [-0.15, -0.1) is 0 Å². The van der Waals surface area contributed by atoms with Crippen molar-refractivity contribution in [3.05, 3.63) is 77.2 Å². The third-order valence-corrected chi connectivity index (χ3v) is 6.45. The zero-order chi connectivity index (χ0) is 29.3. The molecule has 11 heteroatoms. The number of nitrogens with one attached hydrogen (secondary N) is 1. The standard InChI is InChI=1S/C30H27FN4O6/c1-6-18-8-10-22(40-18)25-15(2)33-16(3)26(28(25)36)29(37)34-17-7-9-21(19(31)13-17)41-23-11-12-32-20-14-24(38-4)30(39-5)35-27(20)23/h7-14H,6H2,1-5H3,(H,33,36)(H,34,37). The van der Waals surface area contributed by atoms with Crippen molar-refractivity contribution >= 4 is 22.6 Å². The van der Waals surface area contributed by atoms with Crippen LogP contribution in [0.15, 0.2) is 53.1 Å². The summed E-state index contributed by atoms with van der Waals surface area (Å²) in [6.45, 7) is 5.28. The van der Waals surface area contributed by atoms with Gasteiger partial charge in [0.05, 0.1) is 36.7 Å². The van der Waals surface area contributed by atoms with Crippen LogP contribution in [-0.4, -0.2) is 40.2 Å². The number of anilines is 1. The molecule has 210 valence electrons. The van der Waals surface area contributed by atoms with Gasteiger partial charge in [0.25, 0.3) is 11.8 Å². The zero-order valence-corrected chi connectivity index (χ0v) is 23.0. The molecule has 0 unspecified atom stereocenters. The number of ether oxygens (including phenoxy) is 3. The number of carbonyl (C=O) groups is 1. The molecule has 5 aromatic rings. The fourth-order valence-electron chi connectivity index (χ4n) is 4.46. The van der Waals surface area contributed by atoms with Gasteiger partial charge in [0, 0.05) is 36.5 Å². The minimum atomic E-state index is -0.736. The fraction of sp³-hybridized carbons (Fsp3) is 0.200. The second-order valence-electron chi connectivity index (χ2n) is 9.08. The number of hydrogen-bond donors (Lipinski definition) is 2. The number of benzene rings is 1. The van der Waals surface area contributed by atoms with E-state index in [9.17, 15) is 9.90 Å². The quantitative estimate of drug-likeness (QED) is 0.223. The Balaban J connectivity index is 1.41. The summed E-state index contributed by atoms with van der Waals surface area (Å²) in [4.78, 5) is 26.3. The zero-order valence-electron chi connectivity index (χ0n) is 23.0. The Morgan fingerprint density at radius 1 is 1.00 bits per heavy atom. The van der Waals surface area contributed by atoms with Gasteiger partial charge in [0.2, 0.25) is 0 Å². The second-order valence-corrected chi connectivity index (χ2v) is 9.08. The number of aromatic nitrogens is 3. The molecule has 0 aliphatic rings. The molecule has 0 spiro atoms. The van der Waals surface area contributed by atoms with Crippen molar-refractivity contribution in [2.75, 3.05) is 19.5 Å². The highest BCUT2D eigenvalue weighted by molar-refractivity contribution is 6.08. The molecule has 1 aromatic carbocycles. The SMILES string of the molecule is CCc1ccc(-c2c(C)nc(C)c(C(=O)Nc3ccc(Oc4ccnc5cc(OC)c(OC)nc45)c(F)c3)c2O)o1. The Morgan fingerprint density at radius 3 is 2.49 bits per heavy atom. The summed E-state index contributed by atoms with van der Waals surface area (Å²) >= 11 is 0. The van der Waals surface area contributed by atoms with Crippen LogP contribution in [0.2, 0.25) is 0 Å². The summed E-state index contributed by atoms with van der Waals surface area (Å²) in [7, 11) is 2.94. The van der Waals surface area contributed by atoms with Crippen LogP contribution in [0.5, 0.6) is 28.9 Å². The summed E-state index contributed by atoms with van der Waals surface area (Å²) < 4.78 is 37.3. The Bertz CT molecular complexity index is 1790. The number of nitrogens with zero attached hydrogens (tertiary/aromatic N) is 3. The number of methoxy groups -OCH3 is 2. The number of pyridine rings is 3. The average Bonchev–Trinajstić information content (AvgIpc) is 3.42. The maximum atomic E-state index is 15.2. The first-order valence-electron chi connectivity index (χ1n) is 12.7. The number of aromatic hydroxyl groups is 1. The lowest BCUT2D eigenvalue weighted by Gasteiger charge is -2.15. The van der Waals surface area contributed by atoms with Gasteiger partial charge in [-0.3, -0.25) is 14.8 Å². The maximum absolute atomic E-state index is 15.2. The molecule has 0 saturated carbocycles. The van der Waals surface area contributed by atoms with Gasteiger partial charge in [-0.1, -0.05) is 6.92 Å². The first-order valence-corrected chi connectivity index (χ1v) is 12.7. The molecule has 0 saturated heterocycles. The molecule has 4 aromatic heterocycles. The van der Waals surface area contributed by atoms with Crippen molar-refractivity contribution in [1.29, 1.82) is 0 Å². The minimum Gasteiger partial charge on any atom is -0.506 e. The lowest BCUT2D eigenvalue weighted by atomic mass is 10.0. The van der Waals surface area contributed by atoms with Gasteiger partial charge in [-0.05, 0) is 38.1 Å². The highest BCUT2D eigenvalue weighted by Gasteiger charge is 2.24. The number of fused-ring (bicyclic) bond motifs is 1. The van der Waals surface area contributed by atoms with E-state index in [0.29, 0.717) is 45.9 Å². The Hall–Kier alpha value is -5.19. The Kier molecular flexibility index (Phi) is 7.43. The van der Waals surface area contributed by atoms with Gasteiger partial charge in [-0.2, -0.15) is 0 Å². The third-order valence-electron chi connectivity index (χ3n) is 6.45. The Labute approximate surface area is 234 Å². The molecule has 0 aliphatic carbocycles. The molecule has 41 heavy (non-hydrogen) atoms. The van der Waals surface area contributed by atoms with Crippen molar-refractivity contribution in [3.8, 4) is 40.2 Å². The number of rotatable bonds is 8. The lowest BCUT2D eigenvalue weighted by Crippen LogP contribution is -2.15. The molecule has 0 radical (unpaired) electrons. The molecule has 2 N–H and O–H groups in total. The molecule has 10 nitrogen and oxygen atoms in total. The first-order chi connectivity index (χ1) is 19.7. The van der Waals surface area contributed by atoms with E-state index in [2.05, 4.69) is 20.3 Å². The van der Waals surface area contributed by atoms with Crippen LogP contribution in [0.3, 0.4) is 0 Å². The highest BCUT2D eigenvalue weighted by atomic mass is 19.1. The largest absolute Gasteiger partial charge is 0.506 e. The van der Waals surface area contributed by atoms with E-state index >= 15 is 4.39 Å². The van der Waals surface area contributed by atoms with Crippen molar-refractivity contribution < 1.29 is 32.9 Å². The third kappa shape index (κ3) is 5.21. The molecule has 0 aliphatic heterocycles. The molecular formula is C30H27FN4O6. The van der Waals surface area contributed by atoms with E-state index in [1.165, 1.54) is 32.5 Å². The van der Waals surface area contributed by atoms with E-state index < -0.39 is 11.7 Å².